The smallest absolute Gasteiger partial charge is 0.241 e. The number of allylic oxidation sites excluding steroid dienone is 2. The molecule has 2 aromatic carbocycles. The van der Waals surface area contributed by atoms with Gasteiger partial charge in [-0.15, -0.1) is 0 Å². The Morgan fingerprint density at radius 2 is 1.71 bits per heavy atom. The van der Waals surface area contributed by atoms with E-state index in [2.05, 4.69) is 0 Å². The monoisotopic (exact) mass is 634 g/mol. The van der Waals surface area contributed by atoms with Gasteiger partial charge >= 0.3 is 0 Å². The number of carbonyl (C=O) groups excluding carboxylic acids is 4. The Kier molecular flexibility index (Phi) is 7.60. The molecule has 10 heteroatoms. The van der Waals surface area contributed by atoms with Gasteiger partial charge < -0.3 is 9.84 Å². The molecule has 2 aliphatic heterocycles. The second-order valence-corrected chi connectivity index (χ2v) is 13.6. The van der Waals surface area contributed by atoms with Crippen LogP contribution < -0.4 is 9.64 Å². The van der Waals surface area contributed by atoms with Crippen molar-refractivity contribution in [3.05, 3.63) is 70.5 Å². The summed E-state index contributed by atoms with van der Waals surface area (Å²) in [7, 11) is 0. The van der Waals surface area contributed by atoms with Crippen LogP contribution in [0.1, 0.15) is 63.4 Å². The maximum Gasteiger partial charge on any atom is 0.241 e. The Hall–Kier alpha value is -3.56. The van der Waals surface area contributed by atoms with Crippen LogP contribution in [0.4, 0.5) is 10.1 Å². The summed E-state index contributed by atoms with van der Waals surface area (Å²) < 4.78 is 19.7. The Balaban J connectivity index is 1.32. The first-order valence-corrected chi connectivity index (χ1v) is 16.3. The Bertz CT molecular complexity index is 1600. The summed E-state index contributed by atoms with van der Waals surface area (Å²) in [6, 6.07) is 11.0. The predicted octanol–water partition coefficient (Wildman–Crippen LogP) is 5.41. The second kappa shape index (κ2) is 11.4. The van der Waals surface area contributed by atoms with Crippen molar-refractivity contribution in [2.75, 3.05) is 18.1 Å². The summed E-state index contributed by atoms with van der Waals surface area (Å²) in [5.41, 5.74) is 0.680. The minimum Gasteiger partial charge on any atom is -0.491 e. The SMILES string of the molecule is CC12C(=O)N(c3ccc(F)c(Cl)c3)C(=O)C1CC1C(=CCC3C(=O)N(C4CCCCC4)C(=O)C31)C2c1ccc(OCCO)cc1. The number of rotatable bonds is 6. The number of hydrogen-bond donors (Lipinski definition) is 1. The number of aliphatic hydroxyl groups excluding tert-OH is 1. The number of aliphatic hydroxyl groups is 1. The number of nitrogens with zero attached hydrogens (tertiary/aromatic N) is 2. The van der Waals surface area contributed by atoms with E-state index in [-0.39, 0.29) is 48.2 Å². The number of likely N-dealkylation sites (tertiary alicyclic amines) is 1. The van der Waals surface area contributed by atoms with Crippen molar-refractivity contribution >= 4 is 40.9 Å². The highest BCUT2D eigenvalue weighted by Crippen LogP contribution is 2.63. The molecular weight excluding hydrogens is 599 g/mol. The lowest BCUT2D eigenvalue weighted by atomic mass is 9.51. The van der Waals surface area contributed by atoms with Gasteiger partial charge in [0, 0.05) is 12.0 Å². The minimum atomic E-state index is -1.21. The quantitative estimate of drug-likeness (QED) is 0.337. The van der Waals surface area contributed by atoms with Crippen LogP contribution in [0.2, 0.25) is 5.02 Å². The van der Waals surface area contributed by atoms with Crippen molar-refractivity contribution in [3.63, 3.8) is 0 Å². The molecule has 7 rings (SSSR count). The van der Waals surface area contributed by atoms with Crippen LogP contribution in [-0.4, -0.2) is 52.9 Å². The summed E-state index contributed by atoms with van der Waals surface area (Å²) >= 11 is 6.08. The average molecular weight is 635 g/mol. The van der Waals surface area contributed by atoms with Crippen molar-refractivity contribution in [2.45, 2.75) is 63.8 Å². The van der Waals surface area contributed by atoms with E-state index in [0.29, 0.717) is 12.2 Å². The molecule has 0 bridgehead atoms. The van der Waals surface area contributed by atoms with Gasteiger partial charge in [0.2, 0.25) is 23.6 Å². The molecule has 4 amide bonds. The van der Waals surface area contributed by atoms with Crippen LogP contribution in [0, 0.1) is 34.9 Å². The lowest BCUT2D eigenvalue weighted by molar-refractivity contribution is -0.144. The molecule has 45 heavy (non-hydrogen) atoms. The van der Waals surface area contributed by atoms with Gasteiger partial charge in [-0.1, -0.05) is 54.6 Å². The zero-order valence-corrected chi connectivity index (χ0v) is 25.8. The number of benzene rings is 2. The molecule has 4 fully saturated rings. The van der Waals surface area contributed by atoms with E-state index in [1.54, 1.807) is 12.1 Å². The normalized spacial score (nSPS) is 31.6. The largest absolute Gasteiger partial charge is 0.491 e. The molecule has 2 saturated carbocycles. The van der Waals surface area contributed by atoms with E-state index in [9.17, 15) is 28.7 Å². The molecule has 8 nitrogen and oxygen atoms in total. The maximum absolute atomic E-state index is 14.5. The standard InChI is InChI=1S/C35H36ClFN2O6/c1-35-26(32(42)39(34(35)44)21-9-14-28(37)27(36)17-21)18-25-23(30(35)19-7-10-22(11-8-19)45-16-15-40)12-13-24-29(25)33(43)38(31(24)41)20-5-3-2-4-6-20/h7-12,14,17,20,24-26,29-30,40H,2-6,13,15-16,18H2,1H3. The van der Waals surface area contributed by atoms with Crippen LogP contribution in [0.5, 0.6) is 5.75 Å². The van der Waals surface area contributed by atoms with E-state index in [0.717, 1.165) is 54.2 Å². The van der Waals surface area contributed by atoms with E-state index < -0.39 is 52.6 Å². The number of halogens is 2. The average Bonchev–Trinajstić information content (AvgIpc) is 3.41. The molecule has 3 aliphatic carbocycles. The van der Waals surface area contributed by atoms with Crippen LogP contribution >= 0.6 is 11.6 Å². The van der Waals surface area contributed by atoms with E-state index in [1.807, 2.05) is 25.1 Å². The van der Waals surface area contributed by atoms with Gasteiger partial charge in [-0.3, -0.25) is 24.1 Å². The number of carbonyl (C=O) groups is 4. The fraction of sp³-hybridized carbons (Fsp3) is 0.486. The zero-order chi connectivity index (χ0) is 31.6. The molecule has 0 spiro atoms. The first-order chi connectivity index (χ1) is 21.7. The van der Waals surface area contributed by atoms with Crippen molar-refractivity contribution in [1.82, 2.24) is 4.90 Å². The first kappa shape index (κ1) is 30.1. The highest BCUT2D eigenvalue weighted by molar-refractivity contribution is 6.31. The Morgan fingerprint density at radius 3 is 2.40 bits per heavy atom. The number of anilines is 1. The Morgan fingerprint density at radius 1 is 0.978 bits per heavy atom. The van der Waals surface area contributed by atoms with Crippen molar-refractivity contribution < 1.29 is 33.4 Å². The molecule has 2 saturated heterocycles. The molecule has 0 radical (unpaired) electrons. The summed E-state index contributed by atoms with van der Waals surface area (Å²) in [4.78, 5) is 59.4. The minimum absolute atomic E-state index is 0.0858. The fourth-order valence-electron chi connectivity index (χ4n) is 8.91. The molecule has 2 heterocycles. The summed E-state index contributed by atoms with van der Waals surface area (Å²) in [6.07, 6.45) is 7.42. The molecule has 236 valence electrons. The van der Waals surface area contributed by atoms with Gasteiger partial charge in [0.15, 0.2) is 0 Å². The second-order valence-electron chi connectivity index (χ2n) is 13.2. The van der Waals surface area contributed by atoms with Crippen LogP contribution in [-0.2, 0) is 19.2 Å². The third kappa shape index (κ3) is 4.56. The van der Waals surface area contributed by atoms with Crippen molar-refractivity contribution in [3.8, 4) is 5.75 Å². The number of amides is 4. The summed E-state index contributed by atoms with van der Waals surface area (Å²) in [5, 5.41) is 8.99. The van der Waals surface area contributed by atoms with Gasteiger partial charge in [-0.25, -0.2) is 9.29 Å². The molecule has 6 atom stereocenters. The molecule has 0 aromatic heterocycles. The number of ether oxygens (including phenoxy) is 1. The Labute approximate surface area is 266 Å². The van der Waals surface area contributed by atoms with E-state index in [1.165, 1.54) is 17.0 Å². The molecule has 5 aliphatic rings. The third-order valence-electron chi connectivity index (χ3n) is 11.0. The van der Waals surface area contributed by atoms with Gasteiger partial charge in [0.1, 0.15) is 18.2 Å². The number of hydrogen-bond acceptors (Lipinski definition) is 6. The molecular formula is C35H36ClFN2O6. The highest BCUT2D eigenvalue weighted by Gasteiger charge is 2.67. The summed E-state index contributed by atoms with van der Waals surface area (Å²) in [5.74, 6) is -3.99. The zero-order valence-electron chi connectivity index (χ0n) is 25.1. The van der Waals surface area contributed by atoms with Crippen molar-refractivity contribution in [1.29, 1.82) is 0 Å². The van der Waals surface area contributed by atoms with Crippen LogP contribution in [0.25, 0.3) is 0 Å². The number of fused-ring (bicyclic) bond motifs is 4. The van der Waals surface area contributed by atoms with E-state index in [4.69, 9.17) is 16.3 Å². The van der Waals surface area contributed by atoms with Crippen LogP contribution in [0.3, 0.4) is 0 Å². The lowest BCUT2D eigenvalue weighted by Gasteiger charge is -2.49. The van der Waals surface area contributed by atoms with Crippen molar-refractivity contribution in [2.24, 2.45) is 29.1 Å². The topological polar surface area (TPSA) is 104 Å². The first-order valence-electron chi connectivity index (χ1n) is 15.9. The molecule has 2 aromatic rings. The fourth-order valence-corrected chi connectivity index (χ4v) is 9.08. The highest BCUT2D eigenvalue weighted by atomic mass is 35.5. The van der Waals surface area contributed by atoms with Gasteiger partial charge in [-0.05, 0) is 74.4 Å². The van der Waals surface area contributed by atoms with Gasteiger partial charge in [0.05, 0.1) is 40.5 Å². The molecule has 1 N–H and O–H groups in total. The summed E-state index contributed by atoms with van der Waals surface area (Å²) in [6.45, 7) is 1.81. The number of imide groups is 2. The maximum atomic E-state index is 14.5. The van der Waals surface area contributed by atoms with Gasteiger partial charge in [-0.2, -0.15) is 0 Å². The predicted molar refractivity (Wildman–Crippen MR) is 164 cm³/mol. The van der Waals surface area contributed by atoms with Gasteiger partial charge in [0.25, 0.3) is 0 Å². The third-order valence-corrected chi connectivity index (χ3v) is 11.3. The van der Waals surface area contributed by atoms with E-state index >= 15 is 0 Å². The van der Waals surface area contributed by atoms with Crippen LogP contribution in [0.15, 0.2) is 54.1 Å². The lowest BCUT2D eigenvalue weighted by Crippen LogP contribution is -2.49. The molecule has 6 unspecified atom stereocenters.